The predicted octanol–water partition coefficient (Wildman–Crippen LogP) is 1.29. The van der Waals surface area contributed by atoms with E-state index in [9.17, 15) is 4.79 Å². The first-order valence-corrected chi connectivity index (χ1v) is 6.51. The third-order valence-electron chi connectivity index (χ3n) is 2.58. The molecule has 1 amide bonds. The molecule has 2 rings (SSSR count). The van der Waals surface area contributed by atoms with Crippen molar-refractivity contribution in [1.29, 1.82) is 0 Å². The van der Waals surface area contributed by atoms with Crippen LogP contribution in [-0.4, -0.2) is 28.4 Å². The molecule has 0 bridgehead atoms. The summed E-state index contributed by atoms with van der Waals surface area (Å²) in [7, 11) is 0. The Labute approximate surface area is 99.0 Å². The molecular weight excluding hydrogens is 222 g/mol. The molecule has 16 heavy (non-hydrogen) atoms. The van der Waals surface area contributed by atoms with E-state index < -0.39 is 0 Å². The maximum atomic E-state index is 11.8. The van der Waals surface area contributed by atoms with Crippen molar-refractivity contribution in [3.63, 3.8) is 0 Å². The van der Waals surface area contributed by atoms with E-state index in [2.05, 4.69) is 10.3 Å². The summed E-state index contributed by atoms with van der Waals surface area (Å²) in [5, 5.41) is 3.00. The van der Waals surface area contributed by atoms with Crippen LogP contribution in [-0.2, 0) is 0 Å². The van der Waals surface area contributed by atoms with E-state index in [1.807, 2.05) is 11.8 Å². The van der Waals surface area contributed by atoms with Gasteiger partial charge in [0.2, 0.25) is 0 Å². The number of hydrogen-bond donors (Lipinski definition) is 2. The zero-order chi connectivity index (χ0) is 11.4. The fraction of sp³-hybridized carbons (Fsp3) is 0.455. The molecule has 1 fully saturated rings. The van der Waals surface area contributed by atoms with Gasteiger partial charge in [0, 0.05) is 6.04 Å². The van der Waals surface area contributed by atoms with Gasteiger partial charge in [-0.3, -0.25) is 4.79 Å². The van der Waals surface area contributed by atoms with E-state index in [1.54, 1.807) is 12.1 Å². The molecule has 0 radical (unpaired) electrons. The highest BCUT2D eigenvalue weighted by Gasteiger charge is 2.17. The molecule has 1 saturated heterocycles. The fourth-order valence-electron chi connectivity index (χ4n) is 1.64. The Morgan fingerprint density at radius 1 is 1.44 bits per heavy atom. The van der Waals surface area contributed by atoms with E-state index in [0.717, 1.165) is 24.3 Å². The standard InChI is InChI=1S/C11H15N3OS/c12-8-1-2-10(13-7-8)11(15)14-9-3-5-16-6-4-9/h1-2,7,9H,3-6,12H2,(H,14,15). The quantitative estimate of drug-likeness (QED) is 0.813. The molecule has 1 aromatic rings. The van der Waals surface area contributed by atoms with Gasteiger partial charge >= 0.3 is 0 Å². The summed E-state index contributed by atoms with van der Waals surface area (Å²) in [6.45, 7) is 0. The zero-order valence-corrected chi connectivity index (χ0v) is 9.80. The number of anilines is 1. The van der Waals surface area contributed by atoms with Crippen LogP contribution >= 0.6 is 11.8 Å². The molecule has 2 heterocycles. The number of amides is 1. The van der Waals surface area contributed by atoms with E-state index >= 15 is 0 Å². The fourth-order valence-corrected chi connectivity index (χ4v) is 2.75. The van der Waals surface area contributed by atoms with Gasteiger partial charge in [-0.1, -0.05) is 0 Å². The largest absolute Gasteiger partial charge is 0.397 e. The van der Waals surface area contributed by atoms with Gasteiger partial charge < -0.3 is 11.1 Å². The maximum Gasteiger partial charge on any atom is 0.270 e. The number of nitrogens with one attached hydrogen (secondary N) is 1. The van der Waals surface area contributed by atoms with Crippen LogP contribution in [0.4, 0.5) is 5.69 Å². The SMILES string of the molecule is Nc1ccc(C(=O)NC2CCSCC2)nc1. The third kappa shape index (κ3) is 2.88. The molecule has 5 heteroatoms. The lowest BCUT2D eigenvalue weighted by Gasteiger charge is -2.22. The number of carbonyl (C=O) groups excluding carboxylic acids is 1. The molecule has 4 nitrogen and oxygen atoms in total. The van der Waals surface area contributed by atoms with Crippen LogP contribution in [0.5, 0.6) is 0 Å². The van der Waals surface area contributed by atoms with E-state index in [-0.39, 0.29) is 5.91 Å². The number of thioether (sulfide) groups is 1. The molecule has 0 spiro atoms. The molecule has 0 aliphatic carbocycles. The molecule has 0 unspecified atom stereocenters. The number of nitrogen functional groups attached to an aromatic ring is 1. The second kappa shape index (κ2) is 5.21. The van der Waals surface area contributed by atoms with Crippen molar-refractivity contribution in [2.24, 2.45) is 0 Å². The number of pyridine rings is 1. The number of rotatable bonds is 2. The van der Waals surface area contributed by atoms with Gasteiger partial charge in [0.1, 0.15) is 5.69 Å². The summed E-state index contributed by atoms with van der Waals surface area (Å²) in [6, 6.07) is 3.65. The molecule has 3 N–H and O–H groups in total. The first-order chi connectivity index (χ1) is 7.75. The van der Waals surface area contributed by atoms with Crippen molar-refractivity contribution in [3.05, 3.63) is 24.0 Å². The molecule has 86 valence electrons. The Kier molecular flexibility index (Phi) is 3.66. The van der Waals surface area contributed by atoms with Crippen molar-refractivity contribution in [2.75, 3.05) is 17.2 Å². The predicted molar refractivity (Wildman–Crippen MR) is 66.5 cm³/mol. The van der Waals surface area contributed by atoms with Gasteiger partial charge in [-0.25, -0.2) is 4.98 Å². The lowest BCUT2D eigenvalue weighted by Crippen LogP contribution is -2.37. The Bertz CT molecular complexity index is 360. The number of carbonyl (C=O) groups is 1. The van der Waals surface area contributed by atoms with Crippen LogP contribution in [0.3, 0.4) is 0 Å². The van der Waals surface area contributed by atoms with E-state index in [4.69, 9.17) is 5.73 Å². The third-order valence-corrected chi connectivity index (χ3v) is 3.62. The van der Waals surface area contributed by atoms with Crippen molar-refractivity contribution >= 4 is 23.4 Å². The molecule has 0 atom stereocenters. The van der Waals surface area contributed by atoms with Crippen molar-refractivity contribution in [1.82, 2.24) is 10.3 Å². The number of nitrogens with zero attached hydrogens (tertiary/aromatic N) is 1. The minimum atomic E-state index is -0.100. The smallest absolute Gasteiger partial charge is 0.270 e. The molecule has 0 aromatic carbocycles. The van der Waals surface area contributed by atoms with Crippen LogP contribution in [0.2, 0.25) is 0 Å². The zero-order valence-electron chi connectivity index (χ0n) is 8.98. The van der Waals surface area contributed by atoms with Gasteiger partial charge in [-0.2, -0.15) is 11.8 Å². The van der Waals surface area contributed by atoms with Gasteiger partial charge in [-0.05, 0) is 36.5 Å². The monoisotopic (exact) mass is 237 g/mol. The summed E-state index contributed by atoms with van der Waals surface area (Å²) in [5.41, 5.74) is 6.53. The van der Waals surface area contributed by atoms with Crippen LogP contribution < -0.4 is 11.1 Å². The topological polar surface area (TPSA) is 68.0 Å². The van der Waals surface area contributed by atoms with Gasteiger partial charge in [-0.15, -0.1) is 0 Å². The summed E-state index contributed by atoms with van der Waals surface area (Å²) in [5.74, 6) is 2.15. The molecular formula is C11H15N3OS. The molecule has 1 aliphatic rings. The highest BCUT2D eigenvalue weighted by Crippen LogP contribution is 2.17. The lowest BCUT2D eigenvalue weighted by atomic mass is 10.1. The first-order valence-electron chi connectivity index (χ1n) is 5.36. The summed E-state index contributed by atoms with van der Waals surface area (Å²) in [4.78, 5) is 15.8. The average Bonchev–Trinajstić information content (AvgIpc) is 2.31. The highest BCUT2D eigenvalue weighted by molar-refractivity contribution is 7.99. The Morgan fingerprint density at radius 3 is 2.81 bits per heavy atom. The van der Waals surface area contributed by atoms with Gasteiger partial charge in [0.05, 0.1) is 11.9 Å². The Hall–Kier alpha value is -1.23. The van der Waals surface area contributed by atoms with Crippen molar-refractivity contribution in [3.8, 4) is 0 Å². The summed E-state index contributed by atoms with van der Waals surface area (Å²) < 4.78 is 0. The van der Waals surface area contributed by atoms with Crippen molar-refractivity contribution in [2.45, 2.75) is 18.9 Å². The van der Waals surface area contributed by atoms with Crippen LogP contribution in [0.1, 0.15) is 23.3 Å². The molecule has 1 aromatic heterocycles. The number of nitrogens with two attached hydrogens (primary N) is 1. The number of hydrogen-bond acceptors (Lipinski definition) is 4. The maximum absolute atomic E-state index is 11.8. The first kappa shape index (κ1) is 11.3. The van der Waals surface area contributed by atoms with E-state index in [0.29, 0.717) is 17.4 Å². The van der Waals surface area contributed by atoms with Gasteiger partial charge in [0.15, 0.2) is 0 Å². The van der Waals surface area contributed by atoms with Crippen LogP contribution in [0, 0.1) is 0 Å². The minimum Gasteiger partial charge on any atom is -0.397 e. The minimum absolute atomic E-state index is 0.100. The number of aromatic nitrogens is 1. The lowest BCUT2D eigenvalue weighted by molar-refractivity contribution is 0.0930. The van der Waals surface area contributed by atoms with Crippen molar-refractivity contribution < 1.29 is 4.79 Å². The second-order valence-electron chi connectivity index (χ2n) is 3.84. The highest BCUT2D eigenvalue weighted by atomic mass is 32.2. The molecule has 1 aliphatic heterocycles. The normalized spacial score (nSPS) is 17.0. The summed E-state index contributed by atoms with van der Waals surface area (Å²) >= 11 is 1.94. The van der Waals surface area contributed by atoms with Crippen LogP contribution in [0.25, 0.3) is 0 Å². The second-order valence-corrected chi connectivity index (χ2v) is 5.06. The van der Waals surface area contributed by atoms with E-state index in [1.165, 1.54) is 6.20 Å². The van der Waals surface area contributed by atoms with Gasteiger partial charge in [0.25, 0.3) is 5.91 Å². The van der Waals surface area contributed by atoms with Crippen LogP contribution in [0.15, 0.2) is 18.3 Å². The summed E-state index contributed by atoms with van der Waals surface area (Å²) in [6.07, 6.45) is 3.60. The molecule has 0 saturated carbocycles. The Morgan fingerprint density at radius 2 is 2.19 bits per heavy atom. The Balaban J connectivity index is 1.94. The average molecular weight is 237 g/mol.